The minimum Gasteiger partial charge on any atom is -0.276 e. The van der Waals surface area contributed by atoms with Crippen LogP contribution in [0, 0.1) is 12.7 Å². The Morgan fingerprint density at radius 2 is 2.10 bits per heavy atom. The highest BCUT2D eigenvalue weighted by Crippen LogP contribution is 2.28. The van der Waals surface area contributed by atoms with Crippen LogP contribution in [0.1, 0.15) is 23.7 Å². The zero-order valence-corrected chi connectivity index (χ0v) is 11.9. The molecule has 0 amide bonds. The van der Waals surface area contributed by atoms with Gasteiger partial charge in [0.1, 0.15) is 17.2 Å². The first-order valence-electron chi connectivity index (χ1n) is 6.32. The smallest absolute Gasteiger partial charge is 0.164 e. The number of benzene rings is 1. The first kappa shape index (κ1) is 13.1. The largest absolute Gasteiger partial charge is 0.276 e. The molecule has 0 saturated carbocycles. The quantitative estimate of drug-likeness (QED) is 0.663. The molecule has 2 heterocycles. The van der Waals surface area contributed by atoms with Gasteiger partial charge in [0, 0.05) is 6.20 Å². The molecule has 2 aromatic heterocycles. The molecule has 0 fully saturated rings. The van der Waals surface area contributed by atoms with Crippen molar-refractivity contribution >= 4 is 22.8 Å². The van der Waals surface area contributed by atoms with E-state index in [0.29, 0.717) is 22.7 Å². The van der Waals surface area contributed by atoms with Crippen molar-refractivity contribution in [1.29, 1.82) is 0 Å². The second-order valence-electron chi connectivity index (χ2n) is 4.72. The van der Waals surface area contributed by atoms with Crippen molar-refractivity contribution in [2.45, 2.75) is 19.2 Å². The number of pyridine rings is 1. The van der Waals surface area contributed by atoms with Crippen LogP contribution in [0.15, 0.2) is 36.5 Å². The highest BCUT2D eigenvalue weighted by atomic mass is 35.5. The minimum atomic E-state index is -0.343. The van der Waals surface area contributed by atoms with Crippen LogP contribution in [-0.4, -0.2) is 14.5 Å². The lowest BCUT2D eigenvalue weighted by Gasteiger charge is -2.11. The van der Waals surface area contributed by atoms with Gasteiger partial charge in [0.05, 0.1) is 11.1 Å². The molecular formula is C15H13ClFN3. The lowest BCUT2D eigenvalue weighted by atomic mass is 10.2. The zero-order valence-electron chi connectivity index (χ0n) is 11.1. The van der Waals surface area contributed by atoms with Crippen molar-refractivity contribution in [3.05, 3.63) is 53.7 Å². The summed E-state index contributed by atoms with van der Waals surface area (Å²) in [6.07, 6.45) is 1.66. The number of imidazole rings is 1. The van der Waals surface area contributed by atoms with Crippen molar-refractivity contribution in [2.24, 2.45) is 0 Å². The Hall–Kier alpha value is -1.94. The van der Waals surface area contributed by atoms with Crippen LogP contribution in [0.25, 0.3) is 16.9 Å². The molecule has 3 rings (SSSR count). The fourth-order valence-corrected chi connectivity index (χ4v) is 2.37. The Labute approximate surface area is 121 Å². The van der Waals surface area contributed by atoms with Gasteiger partial charge in [-0.3, -0.25) is 4.57 Å². The van der Waals surface area contributed by atoms with Crippen LogP contribution in [0.4, 0.5) is 4.39 Å². The second kappa shape index (κ2) is 4.87. The molecule has 3 aromatic rings. The van der Waals surface area contributed by atoms with Gasteiger partial charge in [-0.1, -0.05) is 6.07 Å². The third-order valence-electron chi connectivity index (χ3n) is 3.14. The molecule has 0 spiro atoms. The second-order valence-corrected chi connectivity index (χ2v) is 5.38. The van der Waals surface area contributed by atoms with E-state index in [1.165, 1.54) is 6.07 Å². The topological polar surface area (TPSA) is 30.7 Å². The molecule has 3 nitrogen and oxygen atoms in total. The van der Waals surface area contributed by atoms with Crippen molar-refractivity contribution < 1.29 is 4.39 Å². The predicted molar refractivity (Wildman–Crippen MR) is 77.8 cm³/mol. The number of aromatic nitrogens is 3. The minimum absolute atomic E-state index is 0.312. The number of nitrogens with zero attached hydrogens (tertiary/aromatic N) is 3. The summed E-state index contributed by atoms with van der Waals surface area (Å²) < 4.78 is 15.9. The van der Waals surface area contributed by atoms with Crippen molar-refractivity contribution in [2.75, 3.05) is 0 Å². The van der Waals surface area contributed by atoms with E-state index in [0.717, 1.165) is 5.56 Å². The van der Waals surface area contributed by atoms with E-state index in [2.05, 4.69) is 9.97 Å². The maximum atomic E-state index is 14.3. The molecule has 102 valence electrons. The number of hydrogen-bond donors (Lipinski definition) is 0. The molecule has 0 aliphatic carbocycles. The Balaban J connectivity index is 2.36. The SMILES string of the molecule is Cc1ccc(-n2c(C(C)Cl)nc3cccnc32)c(F)c1. The number of alkyl halides is 1. The van der Waals surface area contributed by atoms with Gasteiger partial charge in [0.25, 0.3) is 0 Å². The van der Waals surface area contributed by atoms with Crippen LogP contribution >= 0.6 is 11.6 Å². The summed E-state index contributed by atoms with van der Waals surface area (Å²) in [5, 5.41) is -0.343. The van der Waals surface area contributed by atoms with E-state index in [1.54, 1.807) is 22.9 Å². The van der Waals surface area contributed by atoms with Crippen LogP contribution < -0.4 is 0 Å². The van der Waals surface area contributed by atoms with Crippen LogP contribution in [0.5, 0.6) is 0 Å². The summed E-state index contributed by atoms with van der Waals surface area (Å²) >= 11 is 6.18. The number of rotatable bonds is 2. The summed E-state index contributed by atoms with van der Waals surface area (Å²) in [5.74, 6) is 0.275. The lowest BCUT2D eigenvalue weighted by Crippen LogP contribution is -2.05. The van der Waals surface area contributed by atoms with E-state index in [-0.39, 0.29) is 11.2 Å². The van der Waals surface area contributed by atoms with Crippen molar-refractivity contribution in [3.8, 4) is 5.69 Å². The fraction of sp³-hybridized carbons (Fsp3) is 0.200. The monoisotopic (exact) mass is 289 g/mol. The predicted octanol–water partition coefficient (Wildman–Crippen LogP) is 4.17. The van der Waals surface area contributed by atoms with Crippen molar-refractivity contribution in [1.82, 2.24) is 14.5 Å². The average molecular weight is 290 g/mol. The molecule has 0 radical (unpaired) electrons. The third kappa shape index (κ3) is 2.06. The van der Waals surface area contributed by atoms with Crippen LogP contribution in [0.3, 0.4) is 0 Å². The van der Waals surface area contributed by atoms with Gasteiger partial charge in [0.15, 0.2) is 5.65 Å². The maximum absolute atomic E-state index is 14.3. The standard InChI is InChI=1S/C15H13ClFN3/c1-9-5-6-13(11(17)8-9)20-14(10(2)16)19-12-4-3-7-18-15(12)20/h3-8,10H,1-2H3. The molecular weight excluding hydrogens is 277 g/mol. The average Bonchev–Trinajstić information content (AvgIpc) is 2.78. The third-order valence-corrected chi connectivity index (χ3v) is 3.34. The molecule has 0 aliphatic heterocycles. The summed E-state index contributed by atoms with van der Waals surface area (Å²) in [5.41, 5.74) is 2.59. The van der Waals surface area contributed by atoms with E-state index < -0.39 is 0 Å². The van der Waals surface area contributed by atoms with E-state index >= 15 is 0 Å². The molecule has 20 heavy (non-hydrogen) atoms. The van der Waals surface area contributed by atoms with Crippen LogP contribution in [0.2, 0.25) is 0 Å². The molecule has 1 aromatic carbocycles. The van der Waals surface area contributed by atoms with E-state index in [9.17, 15) is 4.39 Å². The summed E-state index contributed by atoms with van der Waals surface area (Å²) in [7, 11) is 0. The Morgan fingerprint density at radius 3 is 2.80 bits per heavy atom. The summed E-state index contributed by atoms with van der Waals surface area (Å²) in [6.45, 7) is 3.66. The van der Waals surface area contributed by atoms with Crippen molar-refractivity contribution in [3.63, 3.8) is 0 Å². The molecule has 0 N–H and O–H groups in total. The number of aryl methyl sites for hydroxylation is 1. The van der Waals surface area contributed by atoms with E-state index in [4.69, 9.17) is 11.6 Å². The van der Waals surface area contributed by atoms with Gasteiger partial charge < -0.3 is 0 Å². The molecule has 0 saturated heterocycles. The Bertz CT molecular complexity index is 780. The normalized spacial score (nSPS) is 12.8. The number of halogens is 2. The zero-order chi connectivity index (χ0) is 14.3. The van der Waals surface area contributed by atoms with Gasteiger partial charge in [-0.2, -0.15) is 0 Å². The molecule has 1 atom stereocenters. The molecule has 0 bridgehead atoms. The first-order valence-corrected chi connectivity index (χ1v) is 6.75. The van der Waals surface area contributed by atoms with Gasteiger partial charge in [-0.05, 0) is 43.7 Å². The summed E-state index contributed by atoms with van der Waals surface area (Å²) in [4.78, 5) is 8.75. The highest BCUT2D eigenvalue weighted by Gasteiger charge is 2.19. The van der Waals surface area contributed by atoms with Gasteiger partial charge in [-0.15, -0.1) is 11.6 Å². The maximum Gasteiger partial charge on any atom is 0.164 e. The highest BCUT2D eigenvalue weighted by molar-refractivity contribution is 6.20. The van der Waals surface area contributed by atoms with Crippen LogP contribution in [-0.2, 0) is 0 Å². The van der Waals surface area contributed by atoms with Gasteiger partial charge in [-0.25, -0.2) is 14.4 Å². The molecule has 5 heteroatoms. The Kier molecular flexibility index (Phi) is 3.18. The van der Waals surface area contributed by atoms with Gasteiger partial charge >= 0.3 is 0 Å². The first-order chi connectivity index (χ1) is 9.58. The number of hydrogen-bond acceptors (Lipinski definition) is 2. The Morgan fingerprint density at radius 1 is 1.30 bits per heavy atom. The fourth-order valence-electron chi connectivity index (χ4n) is 2.23. The van der Waals surface area contributed by atoms with E-state index in [1.807, 2.05) is 26.0 Å². The molecule has 0 aliphatic rings. The molecule has 1 unspecified atom stereocenters. The van der Waals surface area contributed by atoms with Gasteiger partial charge in [0.2, 0.25) is 0 Å². The summed E-state index contributed by atoms with van der Waals surface area (Å²) in [6, 6.07) is 8.72. The lowest BCUT2D eigenvalue weighted by molar-refractivity contribution is 0.615. The number of fused-ring (bicyclic) bond motifs is 1.